The minimum absolute atomic E-state index is 0.0743. The number of fused-ring (bicyclic) bond motifs is 1. The smallest absolute Gasteiger partial charge is 0.325 e. The fourth-order valence-electron chi connectivity index (χ4n) is 5.19. The monoisotopic (exact) mass is 520 g/mol. The van der Waals surface area contributed by atoms with Gasteiger partial charge in [-0.25, -0.2) is 9.79 Å². The Morgan fingerprint density at radius 1 is 1.05 bits per heavy atom. The molecule has 0 spiro atoms. The van der Waals surface area contributed by atoms with Crippen molar-refractivity contribution in [2.75, 3.05) is 46.4 Å². The number of aliphatic hydroxyl groups excluding tert-OH is 1. The molecule has 3 amide bonds. The summed E-state index contributed by atoms with van der Waals surface area (Å²) in [6.45, 7) is 8.32. The summed E-state index contributed by atoms with van der Waals surface area (Å²) in [5, 5.41) is 13.4. The van der Waals surface area contributed by atoms with E-state index in [9.17, 15) is 14.7 Å². The predicted octanol–water partition coefficient (Wildman–Crippen LogP) is 1.41. The molecule has 2 saturated heterocycles. The Balaban J connectivity index is 1.27. The molecule has 2 aromatic carbocycles. The van der Waals surface area contributed by atoms with Crippen LogP contribution < -0.4 is 10.1 Å². The number of amides is 3. The van der Waals surface area contributed by atoms with Crippen molar-refractivity contribution in [1.82, 2.24) is 24.9 Å². The minimum Gasteiger partial charge on any atom is -0.491 e. The normalized spacial score (nSPS) is 22.7. The van der Waals surface area contributed by atoms with Crippen LogP contribution in [0, 0.1) is 13.8 Å². The van der Waals surface area contributed by atoms with Crippen LogP contribution in [0.25, 0.3) is 0 Å². The van der Waals surface area contributed by atoms with Gasteiger partial charge in [-0.1, -0.05) is 36.4 Å². The molecular weight excluding hydrogens is 484 g/mol. The SMILES string of the molecule is Cc1ccc(OCC(O)CN2C(N3CCN(Cc4ccccc4)CC3)=NC3C2C(=O)NC(=O)N3C)cc1C. The van der Waals surface area contributed by atoms with Gasteiger partial charge in [0.05, 0.1) is 6.54 Å². The zero-order chi connectivity index (χ0) is 26.8. The summed E-state index contributed by atoms with van der Waals surface area (Å²) in [6, 6.07) is 15.0. The number of urea groups is 1. The van der Waals surface area contributed by atoms with E-state index in [-0.39, 0.29) is 13.2 Å². The standard InChI is InChI=1S/C28H36N6O4/c1-19-9-10-23(15-20(19)2)38-18-22(35)17-34-24-25(31(3)28(37)30-26(24)36)29-27(34)33-13-11-32(12-14-33)16-21-7-5-4-6-8-21/h4-10,15,22,24-25,35H,11-14,16-18H2,1-3H3,(H,30,36,37). The number of piperazine rings is 1. The van der Waals surface area contributed by atoms with Crippen molar-refractivity contribution in [1.29, 1.82) is 0 Å². The lowest BCUT2D eigenvalue weighted by Crippen LogP contribution is -2.65. The fourth-order valence-corrected chi connectivity index (χ4v) is 5.19. The first-order valence-electron chi connectivity index (χ1n) is 13.1. The molecule has 202 valence electrons. The maximum atomic E-state index is 12.9. The van der Waals surface area contributed by atoms with Gasteiger partial charge in [-0.2, -0.15) is 0 Å². The summed E-state index contributed by atoms with van der Waals surface area (Å²) >= 11 is 0. The van der Waals surface area contributed by atoms with Crippen LogP contribution in [0.1, 0.15) is 16.7 Å². The lowest BCUT2D eigenvalue weighted by molar-refractivity contribution is -0.127. The minimum atomic E-state index is -0.865. The number of nitrogens with one attached hydrogen (secondary N) is 1. The molecule has 2 aromatic rings. The number of hydrogen-bond donors (Lipinski definition) is 2. The number of likely N-dealkylation sites (N-methyl/N-ethyl adjacent to an activating group) is 1. The van der Waals surface area contributed by atoms with Crippen LogP contribution in [0.3, 0.4) is 0 Å². The highest BCUT2D eigenvalue weighted by atomic mass is 16.5. The first-order valence-corrected chi connectivity index (χ1v) is 13.1. The van der Waals surface area contributed by atoms with Crippen molar-refractivity contribution in [3.8, 4) is 5.75 Å². The van der Waals surface area contributed by atoms with E-state index in [1.54, 1.807) is 7.05 Å². The molecule has 10 heteroatoms. The number of carbonyl (C=O) groups excluding carboxylic acids is 2. The highest BCUT2D eigenvalue weighted by molar-refractivity contribution is 6.03. The molecule has 3 unspecified atom stereocenters. The van der Waals surface area contributed by atoms with Gasteiger partial charge in [0.15, 0.2) is 18.2 Å². The number of carbonyl (C=O) groups is 2. The van der Waals surface area contributed by atoms with Gasteiger partial charge >= 0.3 is 6.03 Å². The number of hydrogen-bond acceptors (Lipinski definition) is 8. The summed E-state index contributed by atoms with van der Waals surface area (Å²) < 4.78 is 5.86. The average Bonchev–Trinajstić information content (AvgIpc) is 3.29. The van der Waals surface area contributed by atoms with E-state index < -0.39 is 30.2 Å². The van der Waals surface area contributed by atoms with Gasteiger partial charge in [0.1, 0.15) is 18.5 Å². The maximum Gasteiger partial charge on any atom is 0.325 e. The topological polar surface area (TPSA) is 101 Å². The molecule has 0 aliphatic carbocycles. The number of aliphatic imine (C=N–C) groups is 1. The molecule has 0 radical (unpaired) electrons. The summed E-state index contributed by atoms with van der Waals surface area (Å²) in [4.78, 5) is 37.9. The third-order valence-electron chi connectivity index (χ3n) is 7.57. The number of aryl methyl sites for hydroxylation is 2. The molecule has 0 saturated carbocycles. The van der Waals surface area contributed by atoms with E-state index in [1.165, 1.54) is 16.0 Å². The second-order valence-electron chi connectivity index (χ2n) is 10.3. The first kappa shape index (κ1) is 26.0. The molecule has 3 atom stereocenters. The van der Waals surface area contributed by atoms with E-state index in [0.717, 1.165) is 38.3 Å². The average molecular weight is 521 g/mol. The quantitative estimate of drug-likeness (QED) is 0.569. The third kappa shape index (κ3) is 5.46. The molecule has 0 bridgehead atoms. The Morgan fingerprint density at radius 3 is 2.50 bits per heavy atom. The zero-order valence-corrected chi connectivity index (χ0v) is 22.2. The summed E-state index contributed by atoms with van der Waals surface area (Å²) in [5.74, 6) is 0.929. The van der Waals surface area contributed by atoms with Gasteiger partial charge in [-0.3, -0.25) is 15.0 Å². The number of imide groups is 1. The number of nitrogens with zero attached hydrogens (tertiary/aromatic N) is 5. The largest absolute Gasteiger partial charge is 0.491 e. The van der Waals surface area contributed by atoms with Gasteiger partial charge in [0.2, 0.25) is 0 Å². The maximum absolute atomic E-state index is 12.9. The number of ether oxygens (including phenoxy) is 1. The van der Waals surface area contributed by atoms with Crippen molar-refractivity contribution in [2.45, 2.75) is 38.7 Å². The highest BCUT2D eigenvalue weighted by Crippen LogP contribution is 2.27. The van der Waals surface area contributed by atoms with Crippen molar-refractivity contribution >= 4 is 17.9 Å². The number of rotatable bonds is 7. The molecule has 10 nitrogen and oxygen atoms in total. The lowest BCUT2D eigenvalue weighted by Gasteiger charge is -2.41. The van der Waals surface area contributed by atoms with Crippen molar-refractivity contribution < 1.29 is 19.4 Å². The number of aliphatic hydroxyl groups is 1. The Bertz CT molecular complexity index is 1200. The number of β-amino-alcohol motifs (C(OH)–C–C–N with tert-alkyl or cyclic N) is 1. The molecule has 0 aromatic heterocycles. The Hall–Kier alpha value is -3.63. The van der Waals surface area contributed by atoms with Crippen LogP contribution in [0.4, 0.5) is 4.79 Å². The Morgan fingerprint density at radius 2 is 1.79 bits per heavy atom. The van der Waals surface area contributed by atoms with Gasteiger partial charge in [-0.15, -0.1) is 0 Å². The van der Waals surface area contributed by atoms with Gasteiger partial charge in [0, 0.05) is 39.8 Å². The summed E-state index contributed by atoms with van der Waals surface area (Å²) in [5.41, 5.74) is 3.56. The second kappa shape index (κ2) is 11.0. The van der Waals surface area contributed by atoms with Gasteiger partial charge in [0.25, 0.3) is 5.91 Å². The molecule has 2 fully saturated rings. The fraction of sp³-hybridized carbons (Fsp3) is 0.464. The van der Waals surface area contributed by atoms with Gasteiger partial charge < -0.3 is 24.5 Å². The molecule has 3 heterocycles. The van der Waals surface area contributed by atoms with E-state index >= 15 is 0 Å². The number of guanidine groups is 1. The molecule has 3 aliphatic heterocycles. The predicted molar refractivity (Wildman–Crippen MR) is 144 cm³/mol. The molecule has 2 N–H and O–H groups in total. The molecule has 3 aliphatic rings. The van der Waals surface area contributed by atoms with Crippen LogP contribution in [0.15, 0.2) is 53.5 Å². The van der Waals surface area contributed by atoms with Crippen molar-refractivity contribution in [3.05, 3.63) is 65.2 Å². The zero-order valence-electron chi connectivity index (χ0n) is 22.2. The highest BCUT2D eigenvalue weighted by Gasteiger charge is 2.50. The second-order valence-corrected chi connectivity index (χ2v) is 10.3. The van der Waals surface area contributed by atoms with Crippen LogP contribution in [0.2, 0.25) is 0 Å². The van der Waals surface area contributed by atoms with E-state index in [1.807, 2.05) is 43.0 Å². The summed E-state index contributed by atoms with van der Waals surface area (Å²) in [6.07, 6.45) is -1.50. The Labute approximate surface area is 223 Å². The van der Waals surface area contributed by atoms with Crippen LogP contribution >= 0.6 is 0 Å². The van der Waals surface area contributed by atoms with E-state index in [4.69, 9.17) is 9.73 Å². The molecular formula is C28H36N6O4. The van der Waals surface area contributed by atoms with Crippen LogP contribution in [-0.2, 0) is 11.3 Å². The number of benzene rings is 2. The van der Waals surface area contributed by atoms with Crippen LogP contribution in [0.5, 0.6) is 5.75 Å². The first-order chi connectivity index (χ1) is 18.3. The van der Waals surface area contributed by atoms with Gasteiger partial charge in [-0.05, 0) is 42.7 Å². The third-order valence-corrected chi connectivity index (χ3v) is 7.57. The van der Waals surface area contributed by atoms with Crippen molar-refractivity contribution in [3.63, 3.8) is 0 Å². The van der Waals surface area contributed by atoms with E-state index in [2.05, 4.69) is 39.4 Å². The van der Waals surface area contributed by atoms with Crippen molar-refractivity contribution in [2.24, 2.45) is 4.99 Å². The molecule has 38 heavy (non-hydrogen) atoms. The Kier molecular flexibility index (Phi) is 7.53. The lowest BCUT2D eigenvalue weighted by atomic mass is 10.1. The van der Waals surface area contributed by atoms with Crippen LogP contribution in [-0.4, -0.2) is 107 Å². The molecule has 5 rings (SSSR count). The summed E-state index contributed by atoms with van der Waals surface area (Å²) in [7, 11) is 1.64. The van der Waals surface area contributed by atoms with E-state index in [0.29, 0.717) is 11.7 Å².